The number of likely N-dealkylation sites (N-methyl/N-ethyl adjacent to an activating group) is 1. The number of methoxy groups -OCH3 is 4. The number of nitrogens with zero attached hydrogens (tertiary/aromatic N) is 3. The van der Waals surface area contributed by atoms with Gasteiger partial charge in [0.15, 0.2) is 23.0 Å². The fourth-order valence-electron chi connectivity index (χ4n) is 8.47. The Hall–Kier alpha value is -4.66. The van der Waals surface area contributed by atoms with Gasteiger partial charge in [0.2, 0.25) is 5.91 Å². The summed E-state index contributed by atoms with van der Waals surface area (Å²) < 4.78 is 23.2. The third-order valence-corrected chi connectivity index (χ3v) is 10.4. The highest BCUT2D eigenvalue weighted by atomic mass is 16.5. The second-order valence-electron chi connectivity index (χ2n) is 12.5. The lowest BCUT2D eigenvalue weighted by Crippen LogP contribution is -2.68. The number of phenols is 2. The molecule has 1 saturated heterocycles. The van der Waals surface area contributed by atoms with E-state index in [0.717, 1.165) is 16.7 Å². The lowest BCUT2D eigenvalue weighted by molar-refractivity contribution is -0.121. The van der Waals surface area contributed by atoms with Gasteiger partial charge in [-0.15, -0.1) is 0 Å². The number of carbonyl (C=O) groups excluding carboxylic acids is 1. The molecule has 3 N–H and O–H groups in total. The summed E-state index contributed by atoms with van der Waals surface area (Å²) in [6.07, 6.45) is 1.02. The van der Waals surface area contributed by atoms with Gasteiger partial charge in [0.25, 0.3) is 0 Å². The van der Waals surface area contributed by atoms with Gasteiger partial charge in [0.1, 0.15) is 17.5 Å². The van der Waals surface area contributed by atoms with Crippen LogP contribution in [0.1, 0.15) is 51.0 Å². The van der Waals surface area contributed by atoms with E-state index in [1.165, 1.54) is 14.2 Å². The first-order chi connectivity index (χ1) is 22.6. The molecule has 11 nitrogen and oxygen atoms in total. The van der Waals surface area contributed by atoms with E-state index in [9.17, 15) is 20.3 Å². The number of hydrogen-bond donors (Lipinski definition) is 3. The standard InChI is InChI=1S/C36H42N4O7/c1-18-33(44-4)21-15-24-30-29-22(34(45-5)19(2)36(47-7)32(29)43)14-23(39(30)3)25(16-37)40(24)26(28(21)31(42)35(18)46-6)17-38-27(41)13-20-11-9-8-10-12-20/h8-12,23-26,30,42-43H,13-15,17H2,1-7H3,(H,38,41)/t23-,24-,25-,26-,30-/m0/s1. The van der Waals surface area contributed by atoms with E-state index in [0.29, 0.717) is 52.3 Å². The summed E-state index contributed by atoms with van der Waals surface area (Å²) in [5, 5.41) is 37.5. The summed E-state index contributed by atoms with van der Waals surface area (Å²) >= 11 is 0. The van der Waals surface area contributed by atoms with Crippen molar-refractivity contribution in [3.05, 3.63) is 69.3 Å². The number of carbonyl (C=O) groups is 1. The summed E-state index contributed by atoms with van der Waals surface area (Å²) in [6, 6.07) is 9.78. The number of amides is 1. The van der Waals surface area contributed by atoms with Crippen molar-refractivity contribution in [2.45, 2.75) is 63.3 Å². The Morgan fingerprint density at radius 3 is 1.96 bits per heavy atom. The molecular formula is C36H42N4O7. The Kier molecular flexibility index (Phi) is 8.59. The molecule has 0 radical (unpaired) electrons. The molecule has 0 unspecified atom stereocenters. The fraction of sp³-hybridized carbons (Fsp3) is 0.444. The topological polar surface area (TPSA) is 137 Å². The van der Waals surface area contributed by atoms with E-state index in [4.69, 9.17) is 18.9 Å². The Morgan fingerprint density at radius 2 is 1.40 bits per heavy atom. The molecule has 1 fully saturated rings. The van der Waals surface area contributed by atoms with Crippen molar-refractivity contribution in [2.24, 2.45) is 0 Å². The second kappa shape index (κ2) is 12.5. The van der Waals surface area contributed by atoms with Crippen LogP contribution in [-0.2, 0) is 24.1 Å². The fourth-order valence-corrected chi connectivity index (χ4v) is 8.47. The Balaban J connectivity index is 1.55. The molecule has 248 valence electrons. The number of benzene rings is 3. The third-order valence-electron chi connectivity index (χ3n) is 10.4. The van der Waals surface area contributed by atoms with Gasteiger partial charge >= 0.3 is 0 Å². The van der Waals surface area contributed by atoms with Crippen molar-refractivity contribution in [3.63, 3.8) is 0 Å². The quantitative estimate of drug-likeness (QED) is 0.332. The van der Waals surface area contributed by atoms with Crippen molar-refractivity contribution in [1.29, 1.82) is 5.26 Å². The van der Waals surface area contributed by atoms with Crippen molar-refractivity contribution in [2.75, 3.05) is 42.0 Å². The number of rotatable bonds is 8. The highest BCUT2D eigenvalue weighted by Crippen LogP contribution is 2.58. The van der Waals surface area contributed by atoms with Crippen molar-refractivity contribution in [1.82, 2.24) is 15.1 Å². The molecule has 2 bridgehead atoms. The van der Waals surface area contributed by atoms with E-state index in [1.807, 2.05) is 51.2 Å². The average molecular weight is 643 g/mol. The van der Waals surface area contributed by atoms with E-state index in [1.54, 1.807) is 14.2 Å². The highest BCUT2D eigenvalue weighted by molar-refractivity contribution is 5.78. The summed E-state index contributed by atoms with van der Waals surface area (Å²) in [7, 11) is 8.20. The molecular weight excluding hydrogens is 600 g/mol. The van der Waals surface area contributed by atoms with Gasteiger partial charge < -0.3 is 34.5 Å². The number of fused-ring (bicyclic) bond motifs is 7. The minimum atomic E-state index is -0.634. The molecule has 6 rings (SSSR count). The van der Waals surface area contributed by atoms with Crippen molar-refractivity contribution >= 4 is 5.91 Å². The molecule has 3 aromatic rings. The minimum Gasteiger partial charge on any atom is -0.504 e. The molecule has 3 aliphatic rings. The van der Waals surface area contributed by atoms with Crippen LogP contribution >= 0.6 is 0 Å². The summed E-state index contributed by atoms with van der Waals surface area (Å²) in [6.45, 7) is 3.81. The lowest BCUT2D eigenvalue weighted by atomic mass is 9.71. The smallest absolute Gasteiger partial charge is 0.224 e. The van der Waals surface area contributed by atoms with Crippen LogP contribution in [-0.4, -0.2) is 86.1 Å². The molecule has 0 spiro atoms. The summed E-state index contributed by atoms with van der Waals surface area (Å²) in [5.41, 5.74) is 5.11. The number of piperazine rings is 1. The highest BCUT2D eigenvalue weighted by Gasteiger charge is 2.57. The molecule has 0 aliphatic carbocycles. The first-order valence-corrected chi connectivity index (χ1v) is 15.7. The van der Waals surface area contributed by atoms with E-state index in [-0.39, 0.29) is 54.2 Å². The van der Waals surface area contributed by atoms with Crippen LogP contribution in [0.25, 0.3) is 0 Å². The van der Waals surface area contributed by atoms with Crippen LogP contribution in [0.3, 0.4) is 0 Å². The first-order valence-electron chi connectivity index (χ1n) is 15.7. The van der Waals surface area contributed by atoms with Gasteiger partial charge in [0.05, 0.1) is 53.0 Å². The molecule has 3 heterocycles. The maximum absolute atomic E-state index is 13.3. The molecule has 47 heavy (non-hydrogen) atoms. The molecule has 0 saturated carbocycles. The predicted octanol–water partition coefficient (Wildman–Crippen LogP) is 3.88. The number of aromatic hydroxyl groups is 2. The third kappa shape index (κ3) is 4.89. The van der Waals surface area contributed by atoms with Crippen LogP contribution < -0.4 is 24.3 Å². The second-order valence-corrected chi connectivity index (χ2v) is 12.5. The normalized spacial score (nSPS) is 23.1. The van der Waals surface area contributed by atoms with Crippen molar-refractivity contribution < 1.29 is 34.0 Å². The van der Waals surface area contributed by atoms with E-state index < -0.39 is 12.1 Å². The largest absolute Gasteiger partial charge is 0.504 e. The summed E-state index contributed by atoms with van der Waals surface area (Å²) in [5.74, 6) is 1.68. The van der Waals surface area contributed by atoms with Gasteiger partial charge in [0, 0.05) is 52.0 Å². The number of hydrogen-bond acceptors (Lipinski definition) is 10. The van der Waals surface area contributed by atoms with E-state index >= 15 is 0 Å². The Morgan fingerprint density at radius 1 is 0.872 bits per heavy atom. The summed E-state index contributed by atoms with van der Waals surface area (Å²) in [4.78, 5) is 17.6. The predicted molar refractivity (Wildman–Crippen MR) is 175 cm³/mol. The van der Waals surface area contributed by atoms with E-state index in [2.05, 4.69) is 21.2 Å². The molecule has 11 heteroatoms. The van der Waals surface area contributed by atoms with Crippen LogP contribution in [0.2, 0.25) is 0 Å². The molecule has 5 atom stereocenters. The SMILES string of the molecule is COc1c(C)c(OC)c2c(c1O)[C@@H]1[C@@H]3Cc4c(OC)c(C)c(OC)c(O)c4[C@H](CNC(=O)Cc4ccccc4)N3[C@@H](C#N)[C@H](C2)N1C. The molecule has 3 aromatic carbocycles. The van der Waals surface area contributed by atoms with Crippen LogP contribution in [0.15, 0.2) is 30.3 Å². The lowest BCUT2D eigenvalue weighted by Gasteiger charge is -2.60. The van der Waals surface area contributed by atoms with Crippen LogP contribution in [0.5, 0.6) is 34.5 Å². The minimum absolute atomic E-state index is 0.0375. The molecule has 3 aliphatic heterocycles. The number of nitrogens with one attached hydrogen (secondary N) is 1. The van der Waals surface area contributed by atoms with Gasteiger partial charge in [-0.2, -0.15) is 5.26 Å². The zero-order valence-electron chi connectivity index (χ0n) is 27.9. The van der Waals surface area contributed by atoms with Gasteiger partial charge in [-0.05, 0) is 39.3 Å². The number of ether oxygens (including phenoxy) is 4. The zero-order valence-corrected chi connectivity index (χ0v) is 27.9. The van der Waals surface area contributed by atoms with Gasteiger partial charge in [-0.1, -0.05) is 30.3 Å². The average Bonchev–Trinajstić information content (AvgIpc) is 3.05. The van der Waals surface area contributed by atoms with Crippen molar-refractivity contribution in [3.8, 4) is 40.6 Å². The van der Waals surface area contributed by atoms with Crippen LogP contribution in [0.4, 0.5) is 0 Å². The zero-order chi connectivity index (χ0) is 33.7. The van der Waals surface area contributed by atoms with Gasteiger partial charge in [-0.25, -0.2) is 0 Å². The Labute approximate surface area is 275 Å². The van der Waals surface area contributed by atoms with Gasteiger partial charge in [-0.3, -0.25) is 14.6 Å². The maximum Gasteiger partial charge on any atom is 0.224 e. The molecule has 1 amide bonds. The molecule has 0 aromatic heterocycles. The Bertz CT molecular complexity index is 1760. The number of nitriles is 1. The monoisotopic (exact) mass is 642 g/mol. The first kappa shape index (κ1) is 32.3. The maximum atomic E-state index is 13.3. The number of phenolic OH excluding ortho intramolecular Hbond substituents is 2. The van der Waals surface area contributed by atoms with Crippen LogP contribution in [0, 0.1) is 25.2 Å².